The molecule has 0 saturated heterocycles. The Morgan fingerprint density at radius 1 is 1.11 bits per heavy atom. The van der Waals surface area contributed by atoms with Crippen molar-refractivity contribution in [3.63, 3.8) is 0 Å². The molecule has 19 heavy (non-hydrogen) atoms. The minimum absolute atomic E-state index is 0.141. The number of rotatable bonds is 3. The Labute approximate surface area is 116 Å². The highest BCUT2D eigenvalue weighted by Gasteiger charge is 2.15. The molecular weight excluding hydrogens is 268 g/mol. The zero-order valence-electron chi connectivity index (χ0n) is 10.5. The molecule has 1 unspecified atom stereocenters. The number of benzene rings is 2. The molecule has 2 aromatic rings. The Balaban J connectivity index is 2.22. The lowest BCUT2D eigenvalue weighted by molar-refractivity contribution is 0.561. The third-order valence-electron chi connectivity index (χ3n) is 3.02. The summed E-state index contributed by atoms with van der Waals surface area (Å²) in [6.07, 6.45) is 0.443. The van der Waals surface area contributed by atoms with Crippen molar-refractivity contribution in [3.8, 4) is 0 Å². The van der Waals surface area contributed by atoms with Crippen LogP contribution in [0, 0.1) is 18.6 Å². The fourth-order valence-electron chi connectivity index (χ4n) is 1.91. The molecule has 0 aliphatic rings. The first-order valence-electron chi connectivity index (χ1n) is 5.93. The van der Waals surface area contributed by atoms with Crippen LogP contribution in [0.4, 0.5) is 8.78 Å². The molecule has 2 aromatic carbocycles. The van der Waals surface area contributed by atoms with Crippen LogP contribution in [-0.4, -0.2) is 0 Å². The fraction of sp³-hybridized carbons (Fsp3) is 0.200. The van der Waals surface area contributed by atoms with Crippen molar-refractivity contribution in [2.24, 2.45) is 5.73 Å². The summed E-state index contributed by atoms with van der Waals surface area (Å²) in [4.78, 5) is 0. The molecule has 0 spiro atoms. The van der Waals surface area contributed by atoms with Gasteiger partial charge in [-0.2, -0.15) is 0 Å². The van der Waals surface area contributed by atoms with E-state index in [1.165, 1.54) is 0 Å². The van der Waals surface area contributed by atoms with E-state index in [-0.39, 0.29) is 10.6 Å². The number of nitrogens with two attached hydrogens (primary N) is 1. The van der Waals surface area contributed by atoms with Crippen molar-refractivity contribution in [2.45, 2.75) is 19.4 Å². The smallest absolute Gasteiger partial charge is 0.142 e. The minimum atomic E-state index is -0.655. The molecule has 0 heterocycles. The third kappa shape index (κ3) is 3.31. The lowest BCUT2D eigenvalue weighted by Crippen LogP contribution is -2.15. The maximum absolute atomic E-state index is 13.7. The summed E-state index contributed by atoms with van der Waals surface area (Å²) in [6.45, 7) is 1.98. The van der Waals surface area contributed by atoms with Crippen LogP contribution < -0.4 is 5.73 Å². The highest BCUT2D eigenvalue weighted by molar-refractivity contribution is 6.30. The van der Waals surface area contributed by atoms with Gasteiger partial charge in [0.2, 0.25) is 0 Å². The van der Waals surface area contributed by atoms with Gasteiger partial charge in [-0.1, -0.05) is 41.4 Å². The Morgan fingerprint density at radius 3 is 2.37 bits per heavy atom. The SMILES string of the molecule is Cc1ccc(CC(N)c2cc(F)c(Cl)cc2F)cc1. The minimum Gasteiger partial charge on any atom is -0.324 e. The predicted octanol–water partition coefficient (Wildman–Crippen LogP) is 4.17. The van der Waals surface area contributed by atoms with Gasteiger partial charge in [0.1, 0.15) is 11.6 Å². The van der Waals surface area contributed by atoms with E-state index in [2.05, 4.69) is 0 Å². The van der Waals surface area contributed by atoms with Gasteiger partial charge in [-0.05, 0) is 31.0 Å². The average Bonchev–Trinajstić information content (AvgIpc) is 2.36. The number of halogens is 3. The lowest BCUT2D eigenvalue weighted by Gasteiger charge is -2.14. The van der Waals surface area contributed by atoms with Gasteiger partial charge in [0.05, 0.1) is 5.02 Å². The molecule has 2 N–H and O–H groups in total. The average molecular weight is 282 g/mol. The Hall–Kier alpha value is -1.45. The van der Waals surface area contributed by atoms with Crippen LogP contribution >= 0.6 is 11.6 Å². The van der Waals surface area contributed by atoms with Crippen molar-refractivity contribution in [1.82, 2.24) is 0 Å². The van der Waals surface area contributed by atoms with Gasteiger partial charge in [-0.3, -0.25) is 0 Å². The highest BCUT2D eigenvalue weighted by Crippen LogP contribution is 2.25. The zero-order valence-corrected chi connectivity index (χ0v) is 11.2. The first-order valence-corrected chi connectivity index (χ1v) is 6.30. The van der Waals surface area contributed by atoms with Crippen molar-refractivity contribution >= 4 is 11.6 Å². The molecule has 1 nitrogen and oxygen atoms in total. The largest absolute Gasteiger partial charge is 0.324 e. The summed E-state index contributed by atoms with van der Waals surface area (Å²) in [7, 11) is 0. The van der Waals surface area contributed by atoms with Crippen LogP contribution in [0.15, 0.2) is 36.4 Å². The van der Waals surface area contributed by atoms with Crippen molar-refractivity contribution < 1.29 is 8.78 Å². The van der Waals surface area contributed by atoms with E-state index in [4.69, 9.17) is 17.3 Å². The van der Waals surface area contributed by atoms with Crippen LogP contribution in [-0.2, 0) is 6.42 Å². The number of hydrogen-bond donors (Lipinski definition) is 1. The van der Waals surface area contributed by atoms with E-state index >= 15 is 0 Å². The number of aryl methyl sites for hydroxylation is 1. The lowest BCUT2D eigenvalue weighted by atomic mass is 9.98. The molecule has 2 rings (SSSR count). The van der Waals surface area contributed by atoms with Crippen molar-refractivity contribution in [3.05, 3.63) is 69.7 Å². The molecule has 0 saturated carbocycles. The molecule has 1 atom stereocenters. The second-order valence-corrected chi connectivity index (χ2v) is 4.99. The normalized spacial score (nSPS) is 12.5. The summed E-state index contributed by atoms with van der Waals surface area (Å²) in [5.74, 6) is -1.23. The van der Waals surface area contributed by atoms with Crippen LogP contribution in [0.25, 0.3) is 0 Å². The topological polar surface area (TPSA) is 26.0 Å². The summed E-state index contributed by atoms with van der Waals surface area (Å²) in [5.41, 5.74) is 8.20. The monoisotopic (exact) mass is 281 g/mol. The fourth-order valence-corrected chi connectivity index (χ4v) is 2.06. The standard InChI is InChI=1S/C15H14ClF2N/c1-9-2-4-10(5-3-9)6-15(19)11-7-14(18)12(16)8-13(11)17/h2-5,7-8,15H,6,19H2,1H3. The van der Waals surface area contributed by atoms with Crippen LogP contribution in [0.2, 0.25) is 5.02 Å². The molecule has 100 valence electrons. The maximum atomic E-state index is 13.7. The van der Waals surface area contributed by atoms with Gasteiger partial charge in [0.25, 0.3) is 0 Å². The Morgan fingerprint density at radius 2 is 1.74 bits per heavy atom. The van der Waals surface area contributed by atoms with E-state index in [9.17, 15) is 8.78 Å². The number of hydrogen-bond acceptors (Lipinski definition) is 1. The third-order valence-corrected chi connectivity index (χ3v) is 3.30. The first-order chi connectivity index (χ1) is 8.97. The van der Waals surface area contributed by atoms with Crippen molar-refractivity contribution in [2.75, 3.05) is 0 Å². The maximum Gasteiger partial charge on any atom is 0.142 e. The quantitative estimate of drug-likeness (QED) is 0.840. The summed E-state index contributed by atoms with van der Waals surface area (Å²) in [6, 6.07) is 9.20. The van der Waals surface area contributed by atoms with Crippen molar-refractivity contribution in [1.29, 1.82) is 0 Å². The summed E-state index contributed by atoms with van der Waals surface area (Å²) < 4.78 is 27.1. The summed E-state index contributed by atoms with van der Waals surface area (Å²) in [5, 5.41) is -0.233. The first kappa shape index (κ1) is 14.0. The van der Waals surface area contributed by atoms with Gasteiger partial charge in [0.15, 0.2) is 0 Å². The molecule has 0 bridgehead atoms. The van der Waals surface area contributed by atoms with E-state index < -0.39 is 17.7 Å². The van der Waals surface area contributed by atoms with Gasteiger partial charge < -0.3 is 5.73 Å². The van der Waals surface area contributed by atoms with E-state index in [1.807, 2.05) is 31.2 Å². The highest BCUT2D eigenvalue weighted by atomic mass is 35.5. The van der Waals surface area contributed by atoms with Gasteiger partial charge in [-0.15, -0.1) is 0 Å². The van der Waals surface area contributed by atoms with Crippen LogP contribution in [0.3, 0.4) is 0 Å². The molecule has 0 aliphatic carbocycles. The Kier molecular flexibility index (Phi) is 4.17. The molecule has 0 aliphatic heterocycles. The second kappa shape index (κ2) is 5.68. The molecular formula is C15H14ClF2N. The molecule has 0 aromatic heterocycles. The Bertz CT molecular complexity index is 581. The molecule has 0 radical (unpaired) electrons. The van der Waals surface area contributed by atoms with Crippen LogP contribution in [0.1, 0.15) is 22.7 Å². The van der Waals surface area contributed by atoms with Crippen LogP contribution in [0.5, 0.6) is 0 Å². The van der Waals surface area contributed by atoms with Gasteiger partial charge in [0, 0.05) is 11.6 Å². The van der Waals surface area contributed by atoms with Gasteiger partial charge in [-0.25, -0.2) is 8.78 Å². The zero-order chi connectivity index (χ0) is 14.0. The molecule has 4 heteroatoms. The predicted molar refractivity (Wildman–Crippen MR) is 73.2 cm³/mol. The van der Waals surface area contributed by atoms with E-state index in [0.717, 1.165) is 23.3 Å². The second-order valence-electron chi connectivity index (χ2n) is 4.58. The van der Waals surface area contributed by atoms with E-state index in [1.54, 1.807) is 0 Å². The molecule has 0 amide bonds. The summed E-state index contributed by atoms with van der Waals surface area (Å²) >= 11 is 5.51. The van der Waals surface area contributed by atoms with Gasteiger partial charge >= 0.3 is 0 Å². The molecule has 0 fully saturated rings. The van der Waals surface area contributed by atoms with E-state index in [0.29, 0.717) is 6.42 Å².